The second-order valence-electron chi connectivity index (χ2n) is 4.27. The van der Waals surface area contributed by atoms with E-state index >= 15 is 0 Å². The molecule has 2 aromatic carbocycles. The quantitative estimate of drug-likeness (QED) is 0.928. The first-order valence-corrected chi connectivity index (χ1v) is 5.92. The molecule has 0 radical (unpaired) electrons. The largest absolute Gasteiger partial charge is 0.496 e. The molecule has 0 bridgehead atoms. The summed E-state index contributed by atoms with van der Waals surface area (Å²) in [6.07, 6.45) is -4.49. The number of halogens is 3. The molecular weight excluding hydrogens is 285 g/mol. The van der Waals surface area contributed by atoms with Gasteiger partial charge >= 0.3 is 12.1 Å². The standard InChI is InChI=1S/C15H11F3O3/c1-21-12-7-3-6-11(13(12)14(19)20)9-4-2-5-10(8-9)15(16,17)18/h2-8H,1H3,(H,19,20). The molecular formula is C15H11F3O3. The van der Waals surface area contributed by atoms with Gasteiger partial charge in [0.2, 0.25) is 0 Å². The first kappa shape index (κ1) is 14.9. The Morgan fingerprint density at radius 1 is 1.14 bits per heavy atom. The summed E-state index contributed by atoms with van der Waals surface area (Å²) in [5.74, 6) is -1.17. The van der Waals surface area contributed by atoms with Crippen molar-refractivity contribution >= 4 is 5.97 Å². The van der Waals surface area contributed by atoms with Crippen LogP contribution in [0.25, 0.3) is 11.1 Å². The van der Waals surface area contributed by atoms with E-state index in [9.17, 15) is 23.1 Å². The molecule has 6 heteroatoms. The molecule has 0 saturated carbocycles. The lowest BCUT2D eigenvalue weighted by atomic mass is 9.97. The van der Waals surface area contributed by atoms with Gasteiger partial charge in [-0.1, -0.05) is 24.3 Å². The Hall–Kier alpha value is -2.50. The van der Waals surface area contributed by atoms with Gasteiger partial charge in [-0.15, -0.1) is 0 Å². The van der Waals surface area contributed by atoms with Crippen molar-refractivity contribution in [3.8, 4) is 16.9 Å². The molecule has 110 valence electrons. The fraction of sp³-hybridized carbons (Fsp3) is 0.133. The van der Waals surface area contributed by atoms with Crippen LogP contribution in [0.2, 0.25) is 0 Å². The van der Waals surface area contributed by atoms with E-state index in [2.05, 4.69) is 0 Å². The van der Waals surface area contributed by atoms with Gasteiger partial charge in [-0.3, -0.25) is 0 Å². The van der Waals surface area contributed by atoms with Gasteiger partial charge in [-0.05, 0) is 29.3 Å². The molecule has 0 aliphatic carbocycles. The van der Waals surface area contributed by atoms with Gasteiger partial charge in [-0.2, -0.15) is 13.2 Å². The fourth-order valence-corrected chi connectivity index (χ4v) is 2.03. The summed E-state index contributed by atoms with van der Waals surface area (Å²) in [6, 6.07) is 8.94. The summed E-state index contributed by atoms with van der Waals surface area (Å²) in [5.41, 5.74) is -0.660. The Balaban J connectivity index is 2.65. The van der Waals surface area contributed by atoms with Crippen molar-refractivity contribution in [2.24, 2.45) is 0 Å². The predicted octanol–water partition coefficient (Wildman–Crippen LogP) is 4.08. The number of alkyl halides is 3. The number of carboxylic acids is 1. The highest BCUT2D eigenvalue weighted by Gasteiger charge is 2.30. The lowest BCUT2D eigenvalue weighted by Crippen LogP contribution is -2.06. The van der Waals surface area contributed by atoms with Crippen LogP contribution < -0.4 is 4.74 Å². The van der Waals surface area contributed by atoms with Gasteiger partial charge < -0.3 is 9.84 Å². The number of hydrogen-bond acceptors (Lipinski definition) is 2. The van der Waals surface area contributed by atoms with Crippen molar-refractivity contribution in [3.05, 3.63) is 53.6 Å². The Morgan fingerprint density at radius 2 is 1.81 bits per heavy atom. The maximum atomic E-state index is 12.7. The summed E-state index contributed by atoms with van der Waals surface area (Å²) in [4.78, 5) is 11.4. The molecule has 2 rings (SSSR count). The molecule has 0 aliphatic rings. The predicted molar refractivity (Wildman–Crippen MR) is 70.4 cm³/mol. The molecule has 21 heavy (non-hydrogen) atoms. The monoisotopic (exact) mass is 296 g/mol. The number of rotatable bonds is 3. The minimum atomic E-state index is -4.49. The molecule has 2 aromatic rings. The second-order valence-corrected chi connectivity index (χ2v) is 4.27. The van der Waals surface area contributed by atoms with E-state index in [1.807, 2.05) is 0 Å². The minimum Gasteiger partial charge on any atom is -0.496 e. The zero-order valence-electron chi connectivity index (χ0n) is 10.9. The molecule has 1 N–H and O–H groups in total. The highest BCUT2D eigenvalue weighted by molar-refractivity contribution is 5.99. The van der Waals surface area contributed by atoms with E-state index in [1.165, 1.54) is 37.4 Å². The number of aromatic carboxylic acids is 1. The maximum absolute atomic E-state index is 12.7. The van der Waals surface area contributed by atoms with Crippen molar-refractivity contribution in [1.82, 2.24) is 0 Å². The SMILES string of the molecule is COc1cccc(-c2cccc(C(F)(F)F)c2)c1C(=O)O. The summed E-state index contributed by atoms with van der Waals surface area (Å²) >= 11 is 0. The van der Waals surface area contributed by atoms with Crippen molar-refractivity contribution in [3.63, 3.8) is 0 Å². The molecule has 3 nitrogen and oxygen atoms in total. The summed E-state index contributed by atoms with van der Waals surface area (Å²) in [7, 11) is 1.30. The van der Waals surface area contributed by atoms with Gasteiger partial charge in [-0.25, -0.2) is 4.79 Å². The highest BCUT2D eigenvalue weighted by Crippen LogP contribution is 2.35. The van der Waals surface area contributed by atoms with Crippen LogP contribution in [0, 0.1) is 0 Å². The molecule has 0 unspecified atom stereocenters. The van der Waals surface area contributed by atoms with Gasteiger partial charge in [0, 0.05) is 0 Å². The summed E-state index contributed by atoms with van der Waals surface area (Å²) < 4.78 is 43.2. The topological polar surface area (TPSA) is 46.5 Å². The number of carboxylic acid groups (broad SMARTS) is 1. The number of benzene rings is 2. The molecule has 0 atom stereocenters. The van der Waals surface area contributed by atoms with E-state index in [0.29, 0.717) is 0 Å². The second kappa shape index (κ2) is 5.47. The smallest absolute Gasteiger partial charge is 0.416 e. The molecule has 0 aromatic heterocycles. The van der Waals surface area contributed by atoms with Crippen molar-refractivity contribution in [2.75, 3.05) is 7.11 Å². The van der Waals surface area contributed by atoms with Crippen LogP contribution in [-0.4, -0.2) is 18.2 Å². The minimum absolute atomic E-state index is 0.0948. The van der Waals surface area contributed by atoms with E-state index in [4.69, 9.17) is 4.74 Å². The Bertz CT molecular complexity index is 678. The number of ether oxygens (including phenoxy) is 1. The summed E-state index contributed by atoms with van der Waals surface area (Å²) in [5, 5.41) is 9.27. The first-order valence-electron chi connectivity index (χ1n) is 5.92. The van der Waals surface area contributed by atoms with Crippen LogP contribution in [0.15, 0.2) is 42.5 Å². The normalized spacial score (nSPS) is 11.2. The Kier molecular flexibility index (Phi) is 3.88. The Morgan fingerprint density at radius 3 is 2.38 bits per heavy atom. The van der Waals surface area contributed by atoms with Crippen LogP contribution in [0.4, 0.5) is 13.2 Å². The molecule has 0 heterocycles. The van der Waals surface area contributed by atoms with Gasteiger partial charge in [0.25, 0.3) is 0 Å². The maximum Gasteiger partial charge on any atom is 0.416 e. The molecule has 0 fully saturated rings. The van der Waals surface area contributed by atoms with Crippen LogP contribution in [0.5, 0.6) is 5.75 Å². The molecule has 0 spiro atoms. The molecule has 0 saturated heterocycles. The zero-order valence-corrected chi connectivity index (χ0v) is 10.9. The third kappa shape index (κ3) is 2.99. The number of hydrogen-bond donors (Lipinski definition) is 1. The first-order chi connectivity index (χ1) is 9.84. The highest BCUT2D eigenvalue weighted by atomic mass is 19.4. The average Bonchev–Trinajstić information content (AvgIpc) is 2.45. The van der Waals surface area contributed by atoms with E-state index in [-0.39, 0.29) is 22.4 Å². The lowest BCUT2D eigenvalue weighted by molar-refractivity contribution is -0.137. The van der Waals surface area contributed by atoms with E-state index in [0.717, 1.165) is 12.1 Å². The van der Waals surface area contributed by atoms with Crippen molar-refractivity contribution in [1.29, 1.82) is 0 Å². The average molecular weight is 296 g/mol. The van der Waals surface area contributed by atoms with Gasteiger partial charge in [0.05, 0.1) is 12.7 Å². The molecule has 0 aliphatic heterocycles. The van der Waals surface area contributed by atoms with Crippen LogP contribution in [0.1, 0.15) is 15.9 Å². The fourth-order valence-electron chi connectivity index (χ4n) is 2.03. The lowest BCUT2D eigenvalue weighted by Gasteiger charge is -2.12. The van der Waals surface area contributed by atoms with E-state index < -0.39 is 17.7 Å². The summed E-state index contributed by atoms with van der Waals surface area (Å²) in [6.45, 7) is 0. The molecule has 0 amide bonds. The third-order valence-electron chi connectivity index (χ3n) is 2.96. The van der Waals surface area contributed by atoms with Crippen molar-refractivity contribution in [2.45, 2.75) is 6.18 Å². The van der Waals surface area contributed by atoms with Crippen LogP contribution in [0.3, 0.4) is 0 Å². The number of methoxy groups -OCH3 is 1. The third-order valence-corrected chi connectivity index (χ3v) is 2.96. The number of carbonyl (C=O) groups is 1. The van der Waals surface area contributed by atoms with Crippen molar-refractivity contribution < 1.29 is 27.8 Å². The van der Waals surface area contributed by atoms with Crippen LogP contribution >= 0.6 is 0 Å². The van der Waals surface area contributed by atoms with Crippen LogP contribution in [-0.2, 0) is 6.18 Å². The van der Waals surface area contributed by atoms with Gasteiger partial charge in [0.1, 0.15) is 11.3 Å². The zero-order chi connectivity index (χ0) is 15.6. The van der Waals surface area contributed by atoms with Gasteiger partial charge in [0.15, 0.2) is 0 Å². The Labute approximate surface area is 118 Å². The van der Waals surface area contributed by atoms with E-state index in [1.54, 1.807) is 0 Å².